The lowest BCUT2D eigenvalue weighted by Crippen LogP contribution is -2.39. The predicted molar refractivity (Wildman–Crippen MR) is 115 cm³/mol. The fourth-order valence-electron chi connectivity index (χ4n) is 4.18. The number of alkyl halides is 2. The molecule has 0 spiro atoms. The molecule has 2 aromatic heterocycles. The average Bonchev–Trinajstić information content (AvgIpc) is 2.70. The lowest BCUT2D eigenvalue weighted by atomic mass is 9.83. The van der Waals surface area contributed by atoms with Gasteiger partial charge in [-0.25, -0.2) is 13.8 Å². The maximum absolute atomic E-state index is 13.4. The van der Waals surface area contributed by atoms with E-state index in [2.05, 4.69) is 15.3 Å². The van der Waals surface area contributed by atoms with E-state index in [-0.39, 0.29) is 18.9 Å². The molecule has 1 aliphatic carbocycles. The van der Waals surface area contributed by atoms with Crippen LogP contribution < -0.4 is 10.2 Å². The van der Waals surface area contributed by atoms with Crippen molar-refractivity contribution >= 4 is 23.0 Å². The van der Waals surface area contributed by atoms with Gasteiger partial charge in [0.25, 0.3) is 5.92 Å². The first kappa shape index (κ1) is 21.2. The highest BCUT2D eigenvalue weighted by atomic mass is 35.5. The first-order chi connectivity index (χ1) is 14.2. The topological polar surface area (TPSA) is 61.3 Å². The van der Waals surface area contributed by atoms with E-state index in [0.717, 1.165) is 48.3 Å². The quantitative estimate of drug-likeness (QED) is 0.650. The molecule has 0 atom stereocenters. The summed E-state index contributed by atoms with van der Waals surface area (Å²) in [6.45, 7) is 2.54. The third-order valence-corrected chi connectivity index (χ3v) is 6.38. The molecule has 2 N–H and O–H groups in total. The van der Waals surface area contributed by atoms with Crippen LogP contribution in [-0.4, -0.2) is 45.7 Å². The molecule has 5 nitrogen and oxygen atoms in total. The van der Waals surface area contributed by atoms with Crippen molar-refractivity contribution < 1.29 is 13.9 Å². The molecule has 162 valence electrons. The van der Waals surface area contributed by atoms with Gasteiger partial charge in [-0.3, -0.25) is 4.98 Å². The maximum atomic E-state index is 13.4. The number of aromatic nitrogens is 2. The van der Waals surface area contributed by atoms with Crippen LogP contribution in [0.15, 0.2) is 30.6 Å². The van der Waals surface area contributed by atoms with Gasteiger partial charge in [-0.2, -0.15) is 0 Å². The number of nitrogens with one attached hydrogen (secondary N) is 1. The Morgan fingerprint density at radius 1 is 1.10 bits per heavy atom. The largest absolute Gasteiger partial charge is 0.390 e. The minimum atomic E-state index is -2.56. The molecule has 1 aliphatic heterocycles. The molecule has 3 heterocycles. The van der Waals surface area contributed by atoms with Gasteiger partial charge >= 0.3 is 0 Å². The van der Waals surface area contributed by atoms with E-state index < -0.39 is 11.5 Å². The molecule has 2 fully saturated rings. The normalized spacial score (nSPS) is 26.4. The van der Waals surface area contributed by atoms with Crippen molar-refractivity contribution in [2.75, 3.05) is 23.3 Å². The van der Waals surface area contributed by atoms with E-state index in [0.29, 0.717) is 18.2 Å². The number of pyridine rings is 2. The van der Waals surface area contributed by atoms with Gasteiger partial charge in [0.2, 0.25) is 0 Å². The third-order valence-electron chi connectivity index (χ3n) is 6.18. The monoisotopic (exact) mass is 436 g/mol. The second-order valence-corrected chi connectivity index (χ2v) is 9.10. The summed E-state index contributed by atoms with van der Waals surface area (Å²) in [5, 5.41) is 14.1. The second-order valence-electron chi connectivity index (χ2n) is 8.71. The fraction of sp³-hybridized carbons (Fsp3) is 0.545. The van der Waals surface area contributed by atoms with E-state index >= 15 is 0 Å². The van der Waals surface area contributed by atoms with Gasteiger partial charge < -0.3 is 15.3 Å². The molecule has 0 aromatic carbocycles. The Balaban J connectivity index is 1.50. The lowest BCUT2D eigenvalue weighted by Gasteiger charge is -2.34. The summed E-state index contributed by atoms with van der Waals surface area (Å²) < 4.78 is 26.8. The second kappa shape index (κ2) is 8.27. The molecule has 0 amide bonds. The van der Waals surface area contributed by atoms with Crippen LogP contribution in [0.5, 0.6) is 0 Å². The number of aliphatic hydroxyl groups is 1. The number of piperidine rings is 1. The van der Waals surface area contributed by atoms with Crippen LogP contribution in [0.4, 0.5) is 20.2 Å². The zero-order chi connectivity index (χ0) is 21.4. The van der Waals surface area contributed by atoms with Crippen molar-refractivity contribution in [1.29, 1.82) is 0 Å². The van der Waals surface area contributed by atoms with Gasteiger partial charge in [0.15, 0.2) is 0 Å². The smallest absolute Gasteiger partial charge is 0.251 e. The van der Waals surface area contributed by atoms with Gasteiger partial charge in [0.1, 0.15) is 5.15 Å². The van der Waals surface area contributed by atoms with Crippen LogP contribution in [-0.2, 0) is 0 Å². The van der Waals surface area contributed by atoms with Gasteiger partial charge in [0.05, 0.1) is 23.2 Å². The van der Waals surface area contributed by atoms with Crippen LogP contribution in [0.25, 0.3) is 11.3 Å². The Morgan fingerprint density at radius 2 is 1.80 bits per heavy atom. The van der Waals surface area contributed by atoms with Crippen LogP contribution in [0.3, 0.4) is 0 Å². The summed E-state index contributed by atoms with van der Waals surface area (Å²) in [7, 11) is 0. The van der Waals surface area contributed by atoms with E-state index in [4.69, 9.17) is 11.6 Å². The molecule has 2 aromatic rings. The Labute approximate surface area is 180 Å². The third kappa shape index (κ3) is 5.01. The van der Waals surface area contributed by atoms with Crippen molar-refractivity contribution in [3.8, 4) is 11.3 Å². The van der Waals surface area contributed by atoms with E-state index in [1.54, 1.807) is 18.5 Å². The van der Waals surface area contributed by atoms with Crippen molar-refractivity contribution in [3.63, 3.8) is 0 Å². The summed E-state index contributed by atoms with van der Waals surface area (Å²) in [5.41, 5.74) is 2.70. The zero-order valence-electron chi connectivity index (χ0n) is 17.0. The Kier molecular flexibility index (Phi) is 5.86. The Hall–Kier alpha value is -1.99. The SMILES string of the molecule is CC1(O)CCC(Nc2cc(Cl)ncc2-c2ccc(N3CCC(F)(F)CC3)cn2)CC1. The average molecular weight is 437 g/mol. The van der Waals surface area contributed by atoms with Crippen molar-refractivity contribution in [2.24, 2.45) is 0 Å². The summed E-state index contributed by atoms with van der Waals surface area (Å²) in [5.74, 6) is -2.56. The zero-order valence-corrected chi connectivity index (χ0v) is 17.8. The van der Waals surface area contributed by atoms with Gasteiger partial charge in [-0.1, -0.05) is 11.6 Å². The Morgan fingerprint density at radius 3 is 2.43 bits per heavy atom. The first-order valence-electron chi connectivity index (χ1n) is 10.4. The van der Waals surface area contributed by atoms with Crippen molar-refractivity contribution in [2.45, 2.75) is 63.0 Å². The van der Waals surface area contributed by atoms with Crippen molar-refractivity contribution in [3.05, 3.63) is 35.7 Å². The molecular weight excluding hydrogens is 410 g/mol. The van der Waals surface area contributed by atoms with Gasteiger partial charge in [-0.05, 0) is 50.8 Å². The molecule has 30 heavy (non-hydrogen) atoms. The van der Waals surface area contributed by atoms with Gasteiger partial charge in [-0.15, -0.1) is 0 Å². The highest BCUT2D eigenvalue weighted by Gasteiger charge is 2.34. The van der Waals surface area contributed by atoms with Gasteiger partial charge in [0, 0.05) is 49.4 Å². The molecule has 4 rings (SSSR count). The summed E-state index contributed by atoms with van der Waals surface area (Å²) in [4.78, 5) is 10.7. The summed E-state index contributed by atoms with van der Waals surface area (Å²) >= 11 is 6.14. The summed E-state index contributed by atoms with van der Waals surface area (Å²) in [6, 6.07) is 5.86. The molecule has 1 saturated heterocycles. The lowest BCUT2D eigenvalue weighted by molar-refractivity contribution is -0.0220. The highest BCUT2D eigenvalue weighted by Crippen LogP contribution is 2.35. The number of hydrogen-bond donors (Lipinski definition) is 2. The number of rotatable bonds is 4. The number of nitrogens with zero attached hydrogens (tertiary/aromatic N) is 3. The molecule has 2 aliphatic rings. The van der Waals surface area contributed by atoms with E-state index in [9.17, 15) is 13.9 Å². The molecular formula is C22H27ClF2N4O. The number of halogens is 3. The highest BCUT2D eigenvalue weighted by molar-refractivity contribution is 6.29. The van der Waals surface area contributed by atoms with Crippen LogP contribution >= 0.6 is 11.6 Å². The molecule has 0 bridgehead atoms. The number of hydrogen-bond acceptors (Lipinski definition) is 5. The molecule has 1 saturated carbocycles. The van der Waals surface area contributed by atoms with Crippen LogP contribution in [0.1, 0.15) is 45.4 Å². The maximum Gasteiger partial charge on any atom is 0.251 e. The van der Waals surface area contributed by atoms with E-state index in [1.165, 1.54) is 0 Å². The molecule has 0 radical (unpaired) electrons. The standard InChI is InChI=1S/C22H27ClF2N4O/c1-21(30)6-4-15(5-7-21)28-19-12-20(23)27-14-17(19)18-3-2-16(13-26-18)29-10-8-22(24,25)9-11-29/h2-3,12-15,30H,4-11H2,1H3,(H,27,28). The van der Waals surface area contributed by atoms with Crippen LogP contribution in [0, 0.1) is 0 Å². The predicted octanol–water partition coefficient (Wildman–Crippen LogP) is 5.14. The minimum Gasteiger partial charge on any atom is -0.390 e. The number of anilines is 2. The summed E-state index contributed by atoms with van der Waals surface area (Å²) in [6.07, 6.45) is 6.43. The Bertz CT molecular complexity index is 871. The van der Waals surface area contributed by atoms with Crippen LogP contribution in [0.2, 0.25) is 5.15 Å². The minimum absolute atomic E-state index is 0.127. The van der Waals surface area contributed by atoms with Crippen molar-refractivity contribution in [1.82, 2.24) is 9.97 Å². The first-order valence-corrected chi connectivity index (χ1v) is 10.8. The molecule has 0 unspecified atom stereocenters. The molecule has 8 heteroatoms. The van der Waals surface area contributed by atoms with E-state index in [1.807, 2.05) is 24.0 Å². The fourth-order valence-corrected chi connectivity index (χ4v) is 4.34.